The minimum Gasteiger partial charge on any atom is -0.460 e. The van der Waals surface area contributed by atoms with Gasteiger partial charge in [-0.1, -0.05) is 6.92 Å². The van der Waals surface area contributed by atoms with Gasteiger partial charge >= 0.3 is 5.97 Å². The predicted octanol–water partition coefficient (Wildman–Crippen LogP) is 2.02. The first kappa shape index (κ1) is 14.9. The molecular formula is C12H23NO3. The molecule has 1 amide bonds. The number of amides is 1. The fourth-order valence-electron chi connectivity index (χ4n) is 1.26. The van der Waals surface area contributed by atoms with Gasteiger partial charge in [0.15, 0.2) is 0 Å². The van der Waals surface area contributed by atoms with E-state index in [0.717, 1.165) is 6.42 Å². The lowest BCUT2D eigenvalue weighted by Gasteiger charge is -2.21. The Morgan fingerprint density at radius 3 is 2.31 bits per heavy atom. The van der Waals surface area contributed by atoms with Crippen LogP contribution in [0, 0.1) is 0 Å². The fraction of sp³-hybridized carbons (Fsp3) is 0.833. The molecule has 0 aromatic heterocycles. The molecule has 0 heterocycles. The fourth-order valence-corrected chi connectivity index (χ4v) is 1.26. The second kappa shape index (κ2) is 6.51. The Morgan fingerprint density at radius 1 is 1.31 bits per heavy atom. The van der Waals surface area contributed by atoms with Crippen LogP contribution in [0.3, 0.4) is 0 Å². The van der Waals surface area contributed by atoms with Gasteiger partial charge in [-0.25, -0.2) is 0 Å². The molecule has 0 aliphatic heterocycles. The number of hydrogen-bond donors (Lipinski definition) is 1. The third-order valence-electron chi connectivity index (χ3n) is 1.78. The molecule has 0 aliphatic carbocycles. The highest BCUT2D eigenvalue weighted by Gasteiger charge is 2.18. The number of nitrogens with one attached hydrogen (secondary N) is 1. The summed E-state index contributed by atoms with van der Waals surface area (Å²) in [5.74, 6) is -0.296. The highest BCUT2D eigenvalue weighted by molar-refractivity contribution is 5.77. The summed E-state index contributed by atoms with van der Waals surface area (Å²) in [4.78, 5) is 22.7. The number of carbonyl (C=O) groups excluding carboxylic acids is 2. The second-order valence-corrected chi connectivity index (χ2v) is 5.01. The Hall–Kier alpha value is -1.06. The molecule has 0 aliphatic rings. The predicted molar refractivity (Wildman–Crippen MR) is 63.0 cm³/mol. The van der Waals surface area contributed by atoms with Crippen LogP contribution in [0.4, 0.5) is 0 Å². The van der Waals surface area contributed by atoms with Crippen LogP contribution in [-0.2, 0) is 14.3 Å². The summed E-state index contributed by atoms with van der Waals surface area (Å²) in [6.45, 7) is 9.22. The van der Waals surface area contributed by atoms with Crippen molar-refractivity contribution in [3.63, 3.8) is 0 Å². The van der Waals surface area contributed by atoms with E-state index in [1.54, 1.807) is 6.92 Å². The maximum absolute atomic E-state index is 11.4. The molecule has 1 N–H and O–H groups in total. The van der Waals surface area contributed by atoms with Gasteiger partial charge in [-0.3, -0.25) is 9.59 Å². The lowest BCUT2D eigenvalue weighted by Crippen LogP contribution is -2.35. The number of carbonyl (C=O) groups is 2. The summed E-state index contributed by atoms with van der Waals surface area (Å²) in [5.41, 5.74) is -0.468. The average molecular weight is 229 g/mol. The van der Waals surface area contributed by atoms with Gasteiger partial charge in [0.2, 0.25) is 5.91 Å². The van der Waals surface area contributed by atoms with Gasteiger partial charge in [0, 0.05) is 12.5 Å². The van der Waals surface area contributed by atoms with E-state index in [0.29, 0.717) is 6.42 Å². The largest absolute Gasteiger partial charge is 0.460 e. The van der Waals surface area contributed by atoms with Gasteiger partial charge in [0.05, 0.1) is 6.42 Å². The molecule has 0 aromatic rings. The molecule has 94 valence electrons. The first-order chi connectivity index (χ1) is 7.24. The number of ether oxygens (including phenoxy) is 1. The van der Waals surface area contributed by atoms with Crippen LogP contribution in [0.5, 0.6) is 0 Å². The van der Waals surface area contributed by atoms with Crippen LogP contribution in [0.2, 0.25) is 0 Å². The summed E-state index contributed by atoms with van der Waals surface area (Å²) in [5, 5.41) is 2.76. The van der Waals surface area contributed by atoms with E-state index in [1.807, 2.05) is 27.7 Å². The normalized spacial score (nSPS) is 13.1. The molecule has 0 bridgehead atoms. The summed E-state index contributed by atoms with van der Waals surface area (Å²) < 4.78 is 5.16. The molecule has 1 unspecified atom stereocenters. The van der Waals surface area contributed by atoms with E-state index in [9.17, 15) is 9.59 Å². The van der Waals surface area contributed by atoms with E-state index >= 15 is 0 Å². The van der Waals surface area contributed by atoms with Crippen molar-refractivity contribution in [3.8, 4) is 0 Å². The Bertz CT molecular complexity index is 243. The quantitative estimate of drug-likeness (QED) is 0.734. The van der Waals surface area contributed by atoms with E-state index in [2.05, 4.69) is 5.32 Å². The van der Waals surface area contributed by atoms with Crippen molar-refractivity contribution < 1.29 is 14.3 Å². The lowest BCUT2D eigenvalue weighted by atomic mass is 10.2. The summed E-state index contributed by atoms with van der Waals surface area (Å²) in [7, 11) is 0. The van der Waals surface area contributed by atoms with Crippen molar-refractivity contribution in [2.75, 3.05) is 0 Å². The Morgan fingerprint density at radius 2 is 1.88 bits per heavy atom. The van der Waals surface area contributed by atoms with Crippen LogP contribution in [-0.4, -0.2) is 23.5 Å². The SMILES string of the molecule is CCCC(=O)NC(C)CC(=O)OC(C)(C)C. The molecule has 0 aromatic carbocycles. The lowest BCUT2D eigenvalue weighted by molar-refractivity contribution is -0.155. The molecule has 0 radical (unpaired) electrons. The van der Waals surface area contributed by atoms with Gasteiger partial charge in [-0.15, -0.1) is 0 Å². The summed E-state index contributed by atoms with van der Waals surface area (Å²) in [6, 6.07) is -0.172. The molecule has 1 atom stereocenters. The van der Waals surface area contributed by atoms with Crippen molar-refractivity contribution in [2.45, 2.75) is 65.5 Å². The van der Waals surface area contributed by atoms with Gasteiger partial charge in [-0.05, 0) is 34.1 Å². The molecule has 0 saturated carbocycles. The van der Waals surface area contributed by atoms with Crippen molar-refractivity contribution in [1.82, 2.24) is 5.32 Å². The number of rotatable bonds is 5. The minimum absolute atomic E-state index is 0.0152. The molecule has 4 nitrogen and oxygen atoms in total. The van der Waals surface area contributed by atoms with Crippen LogP contribution >= 0.6 is 0 Å². The van der Waals surface area contributed by atoms with E-state index in [1.165, 1.54) is 0 Å². The van der Waals surface area contributed by atoms with Crippen LogP contribution < -0.4 is 5.32 Å². The molecule has 0 rings (SSSR count). The van der Waals surface area contributed by atoms with Crippen LogP contribution in [0.25, 0.3) is 0 Å². The second-order valence-electron chi connectivity index (χ2n) is 5.01. The van der Waals surface area contributed by atoms with Crippen molar-refractivity contribution in [3.05, 3.63) is 0 Å². The van der Waals surface area contributed by atoms with Crippen molar-refractivity contribution in [2.24, 2.45) is 0 Å². The smallest absolute Gasteiger partial charge is 0.308 e. The Labute approximate surface area is 97.7 Å². The standard InChI is InChI=1S/C12H23NO3/c1-6-7-10(14)13-9(2)8-11(15)16-12(3,4)5/h9H,6-8H2,1-5H3,(H,13,14). The highest BCUT2D eigenvalue weighted by atomic mass is 16.6. The molecule has 16 heavy (non-hydrogen) atoms. The zero-order valence-electron chi connectivity index (χ0n) is 10.9. The van der Waals surface area contributed by atoms with Gasteiger partial charge in [0.1, 0.15) is 5.60 Å². The third-order valence-corrected chi connectivity index (χ3v) is 1.78. The van der Waals surface area contributed by atoms with Crippen molar-refractivity contribution >= 4 is 11.9 Å². The van der Waals surface area contributed by atoms with E-state index < -0.39 is 5.60 Å². The molecule has 0 fully saturated rings. The van der Waals surface area contributed by atoms with Gasteiger partial charge in [0.25, 0.3) is 0 Å². The van der Waals surface area contributed by atoms with Gasteiger partial charge < -0.3 is 10.1 Å². The monoisotopic (exact) mass is 229 g/mol. The molecule has 0 spiro atoms. The zero-order chi connectivity index (χ0) is 12.8. The molecule has 0 saturated heterocycles. The minimum atomic E-state index is -0.468. The van der Waals surface area contributed by atoms with E-state index in [-0.39, 0.29) is 24.3 Å². The zero-order valence-corrected chi connectivity index (χ0v) is 10.9. The number of hydrogen-bond acceptors (Lipinski definition) is 3. The molecular weight excluding hydrogens is 206 g/mol. The first-order valence-electron chi connectivity index (χ1n) is 5.75. The van der Waals surface area contributed by atoms with Crippen LogP contribution in [0.15, 0.2) is 0 Å². The third kappa shape index (κ3) is 8.26. The summed E-state index contributed by atoms with van der Waals surface area (Å²) in [6.07, 6.45) is 1.52. The van der Waals surface area contributed by atoms with Crippen LogP contribution in [0.1, 0.15) is 53.9 Å². The van der Waals surface area contributed by atoms with E-state index in [4.69, 9.17) is 4.74 Å². The average Bonchev–Trinajstić information content (AvgIpc) is 1.98. The maximum Gasteiger partial charge on any atom is 0.308 e. The number of esters is 1. The van der Waals surface area contributed by atoms with Crippen molar-refractivity contribution in [1.29, 1.82) is 0 Å². The highest BCUT2D eigenvalue weighted by Crippen LogP contribution is 2.09. The maximum atomic E-state index is 11.4. The van der Waals surface area contributed by atoms with Gasteiger partial charge in [-0.2, -0.15) is 0 Å². The summed E-state index contributed by atoms with van der Waals surface area (Å²) >= 11 is 0. The topological polar surface area (TPSA) is 55.4 Å². The first-order valence-corrected chi connectivity index (χ1v) is 5.75. The molecule has 4 heteroatoms. The Balaban J connectivity index is 3.91. The Kier molecular flexibility index (Phi) is 6.08.